The summed E-state index contributed by atoms with van der Waals surface area (Å²) in [4.78, 5) is 0. The molecule has 19 heavy (non-hydrogen) atoms. The molecule has 0 atom stereocenters. The fourth-order valence-electron chi connectivity index (χ4n) is 3.02. The summed E-state index contributed by atoms with van der Waals surface area (Å²) in [5.74, 6) is 0. The molecule has 0 bridgehead atoms. The monoisotopic (exact) mass is 251 g/mol. The molecule has 2 aromatic carbocycles. The van der Waals surface area contributed by atoms with E-state index < -0.39 is 0 Å². The Morgan fingerprint density at radius 2 is 1.68 bits per heavy atom. The molecule has 0 amide bonds. The van der Waals surface area contributed by atoms with Crippen molar-refractivity contribution < 1.29 is 0 Å². The molecule has 0 radical (unpaired) electrons. The maximum Gasteiger partial charge on any atom is 0.0202 e. The van der Waals surface area contributed by atoms with Crippen LogP contribution in [0.5, 0.6) is 0 Å². The third kappa shape index (κ3) is 2.87. The van der Waals surface area contributed by atoms with Gasteiger partial charge < -0.3 is 5.32 Å². The van der Waals surface area contributed by atoms with Gasteiger partial charge in [-0.15, -0.1) is 0 Å². The summed E-state index contributed by atoms with van der Waals surface area (Å²) < 4.78 is 0. The van der Waals surface area contributed by atoms with Crippen LogP contribution in [0.15, 0.2) is 42.5 Å². The van der Waals surface area contributed by atoms with Crippen molar-refractivity contribution in [2.45, 2.75) is 32.2 Å². The molecule has 0 saturated heterocycles. The summed E-state index contributed by atoms with van der Waals surface area (Å²) in [5.41, 5.74) is 7.35. The second kappa shape index (κ2) is 5.58. The fourth-order valence-corrected chi connectivity index (χ4v) is 3.02. The predicted molar refractivity (Wildman–Crippen MR) is 80.5 cm³/mol. The number of nitrogens with one attached hydrogen (secondary N) is 1. The van der Waals surface area contributed by atoms with Crippen molar-refractivity contribution in [3.63, 3.8) is 0 Å². The zero-order valence-corrected chi connectivity index (χ0v) is 11.6. The zero-order chi connectivity index (χ0) is 13.1. The molecule has 1 aliphatic rings. The van der Waals surface area contributed by atoms with Gasteiger partial charge in [0, 0.05) is 6.54 Å². The van der Waals surface area contributed by atoms with E-state index >= 15 is 0 Å². The third-order valence-electron chi connectivity index (χ3n) is 3.94. The molecule has 0 fully saturated rings. The highest BCUT2D eigenvalue weighted by Gasteiger charge is 2.10. The Bertz CT molecular complexity index is 572. The van der Waals surface area contributed by atoms with Crippen LogP contribution in [0, 0.1) is 0 Å². The van der Waals surface area contributed by atoms with Gasteiger partial charge in [-0.25, -0.2) is 0 Å². The SMILES string of the molecule is CNCc1cccc(Cc2ccc3c(c2)CCC3)c1. The summed E-state index contributed by atoms with van der Waals surface area (Å²) >= 11 is 0. The summed E-state index contributed by atoms with van der Waals surface area (Å²) in [6, 6.07) is 15.9. The molecular formula is C18H21N. The molecule has 0 heterocycles. The first-order valence-corrected chi connectivity index (χ1v) is 7.18. The molecule has 1 nitrogen and oxygen atoms in total. The first-order valence-electron chi connectivity index (χ1n) is 7.18. The summed E-state index contributed by atoms with van der Waals surface area (Å²) in [5, 5.41) is 3.21. The number of fused-ring (bicyclic) bond motifs is 1. The Morgan fingerprint density at radius 3 is 2.58 bits per heavy atom. The smallest absolute Gasteiger partial charge is 0.0202 e. The van der Waals surface area contributed by atoms with Crippen molar-refractivity contribution >= 4 is 0 Å². The molecule has 98 valence electrons. The van der Waals surface area contributed by atoms with E-state index in [1.807, 2.05) is 7.05 Å². The highest BCUT2D eigenvalue weighted by atomic mass is 14.8. The van der Waals surface area contributed by atoms with E-state index in [1.54, 1.807) is 11.1 Å². The van der Waals surface area contributed by atoms with Gasteiger partial charge in [-0.05, 0) is 60.5 Å². The van der Waals surface area contributed by atoms with Crippen LogP contribution in [0.1, 0.15) is 34.2 Å². The van der Waals surface area contributed by atoms with Crippen LogP contribution < -0.4 is 5.32 Å². The van der Waals surface area contributed by atoms with E-state index in [4.69, 9.17) is 0 Å². The lowest BCUT2D eigenvalue weighted by atomic mass is 9.99. The minimum atomic E-state index is 0.942. The fraction of sp³-hybridized carbons (Fsp3) is 0.333. The Labute approximate surface area is 115 Å². The standard InChI is InChI=1S/C18H21N/c1-19-13-16-5-2-4-14(11-16)10-15-8-9-17-6-3-7-18(17)12-15/h2,4-5,8-9,11-12,19H,3,6-7,10,13H2,1H3. The quantitative estimate of drug-likeness (QED) is 0.877. The summed E-state index contributed by atoms with van der Waals surface area (Å²) in [6.07, 6.45) is 4.91. The van der Waals surface area contributed by atoms with Crippen LogP contribution in [-0.2, 0) is 25.8 Å². The van der Waals surface area contributed by atoms with Crippen LogP contribution in [0.2, 0.25) is 0 Å². The van der Waals surface area contributed by atoms with Gasteiger partial charge in [0.2, 0.25) is 0 Å². The van der Waals surface area contributed by atoms with E-state index in [2.05, 4.69) is 47.8 Å². The van der Waals surface area contributed by atoms with Crippen molar-refractivity contribution in [1.29, 1.82) is 0 Å². The maximum absolute atomic E-state index is 3.21. The summed E-state index contributed by atoms with van der Waals surface area (Å²) in [7, 11) is 1.99. The van der Waals surface area contributed by atoms with Crippen molar-refractivity contribution in [2.75, 3.05) is 7.05 Å². The number of hydrogen-bond donors (Lipinski definition) is 1. The molecule has 0 spiro atoms. The minimum Gasteiger partial charge on any atom is -0.316 e. The van der Waals surface area contributed by atoms with Crippen molar-refractivity contribution in [3.05, 3.63) is 70.3 Å². The second-order valence-electron chi connectivity index (χ2n) is 5.48. The van der Waals surface area contributed by atoms with Crippen molar-refractivity contribution in [2.24, 2.45) is 0 Å². The molecule has 1 N–H and O–H groups in total. The number of benzene rings is 2. The third-order valence-corrected chi connectivity index (χ3v) is 3.94. The highest BCUT2D eigenvalue weighted by Crippen LogP contribution is 2.24. The first-order chi connectivity index (χ1) is 9.35. The number of hydrogen-bond acceptors (Lipinski definition) is 1. The largest absolute Gasteiger partial charge is 0.316 e. The predicted octanol–water partition coefficient (Wildman–Crippen LogP) is 3.49. The van der Waals surface area contributed by atoms with Gasteiger partial charge in [0.05, 0.1) is 0 Å². The normalized spacial score (nSPS) is 13.5. The second-order valence-corrected chi connectivity index (χ2v) is 5.48. The first kappa shape index (κ1) is 12.4. The van der Waals surface area contributed by atoms with E-state index in [1.165, 1.54) is 36.0 Å². The minimum absolute atomic E-state index is 0.942. The topological polar surface area (TPSA) is 12.0 Å². The van der Waals surface area contributed by atoms with Gasteiger partial charge in [-0.3, -0.25) is 0 Å². The van der Waals surface area contributed by atoms with Gasteiger partial charge in [0.25, 0.3) is 0 Å². The van der Waals surface area contributed by atoms with Gasteiger partial charge >= 0.3 is 0 Å². The van der Waals surface area contributed by atoms with Crippen LogP contribution >= 0.6 is 0 Å². The zero-order valence-electron chi connectivity index (χ0n) is 11.6. The lowest BCUT2D eigenvalue weighted by Gasteiger charge is -2.07. The van der Waals surface area contributed by atoms with Crippen LogP contribution in [0.3, 0.4) is 0 Å². The molecular weight excluding hydrogens is 230 g/mol. The van der Waals surface area contributed by atoms with Crippen LogP contribution in [-0.4, -0.2) is 7.05 Å². The van der Waals surface area contributed by atoms with E-state index in [0.717, 1.165) is 13.0 Å². The van der Waals surface area contributed by atoms with E-state index in [9.17, 15) is 0 Å². The Balaban J connectivity index is 1.79. The molecule has 1 heteroatoms. The van der Waals surface area contributed by atoms with Gasteiger partial charge in [-0.2, -0.15) is 0 Å². The molecule has 2 aromatic rings. The number of rotatable bonds is 4. The van der Waals surface area contributed by atoms with Gasteiger partial charge in [0.15, 0.2) is 0 Å². The molecule has 3 rings (SSSR count). The van der Waals surface area contributed by atoms with Crippen molar-refractivity contribution in [1.82, 2.24) is 5.32 Å². The number of aryl methyl sites for hydroxylation is 2. The average molecular weight is 251 g/mol. The van der Waals surface area contributed by atoms with Gasteiger partial charge in [0.1, 0.15) is 0 Å². The molecule has 0 unspecified atom stereocenters. The lowest BCUT2D eigenvalue weighted by molar-refractivity contribution is 0.816. The van der Waals surface area contributed by atoms with E-state index in [-0.39, 0.29) is 0 Å². The average Bonchev–Trinajstić information content (AvgIpc) is 2.87. The van der Waals surface area contributed by atoms with Crippen molar-refractivity contribution in [3.8, 4) is 0 Å². The Kier molecular flexibility index (Phi) is 3.65. The highest BCUT2D eigenvalue weighted by molar-refractivity contribution is 5.38. The Hall–Kier alpha value is -1.60. The van der Waals surface area contributed by atoms with Gasteiger partial charge in [-0.1, -0.05) is 42.5 Å². The molecule has 1 aliphatic carbocycles. The van der Waals surface area contributed by atoms with E-state index in [0.29, 0.717) is 0 Å². The molecule has 0 aliphatic heterocycles. The van der Waals surface area contributed by atoms with Crippen LogP contribution in [0.25, 0.3) is 0 Å². The molecule has 0 saturated carbocycles. The maximum atomic E-state index is 3.21. The Morgan fingerprint density at radius 1 is 0.895 bits per heavy atom. The van der Waals surface area contributed by atoms with Crippen LogP contribution in [0.4, 0.5) is 0 Å². The molecule has 0 aromatic heterocycles. The summed E-state index contributed by atoms with van der Waals surface area (Å²) in [6.45, 7) is 0.942. The lowest BCUT2D eigenvalue weighted by Crippen LogP contribution is -2.05.